The SMILES string of the molecule is Brc1cccc(-c2nc(-c3ccccc3)nc(-c3ccc(-c4ccccc4)cc3)n2)c1.Clc1nc(-c2ccccc2)nc(-c2ccc(-c3ccccc3)cc2)n1.OB(O)c1cccc(Br)c1. The molecule has 0 saturated heterocycles. The first-order chi connectivity index (χ1) is 32.3. The van der Waals surface area contributed by atoms with Crippen molar-refractivity contribution in [3.05, 3.63) is 233 Å². The molecule has 2 heterocycles. The molecule has 0 spiro atoms. The molecule has 10 rings (SSSR count). The van der Waals surface area contributed by atoms with E-state index in [1.807, 2.05) is 140 Å². The lowest BCUT2D eigenvalue weighted by Crippen LogP contribution is -2.29. The van der Waals surface area contributed by atoms with Gasteiger partial charge in [-0.2, -0.15) is 9.97 Å². The highest BCUT2D eigenvalue weighted by molar-refractivity contribution is 9.10. The normalized spacial score (nSPS) is 10.5. The molecule has 10 aromatic rings. The Morgan fingerprint density at radius 1 is 0.303 bits per heavy atom. The van der Waals surface area contributed by atoms with Gasteiger partial charge in [0.2, 0.25) is 5.28 Å². The molecule has 0 aliphatic rings. The molecular weight excluding hydrogens is 971 g/mol. The van der Waals surface area contributed by atoms with Crippen LogP contribution in [0.25, 0.3) is 79.2 Å². The maximum atomic E-state index is 8.68. The molecule has 0 unspecified atom stereocenters. The molecule has 0 atom stereocenters. The van der Waals surface area contributed by atoms with Crippen LogP contribution in [0.5, 0.6) is 0 Å². The van der Waals surface area contributed by atoms with E-state index in [4.69, 9.17) is 36.6 Å². The molecule has 8 aromatic carbocycles. The number of benzene rings is 8. The lowest BCUT2D eigenvalue weighted by Gasteiger charge is -2.09. The first-order valence-corrected chi connectivity index (χ1v) is 22.7. The van der Waals surface area contributed by atoms with Gasteiger partial charge in [0.1, 0.15) is 0 Å². The lowest BCUT2D eigenvalue weighted by atomic mass is 9.81. The highest BCUT2D eigenvalue weighted by Gasteiger charge is 2.14. The van der Waals surface area contributed by atoms with Gasteiger partial charge in [-0.15, -0.1) is 0 Å². The Morgan fingerprint density at radius 2 is 0.591 bits per heavy atom. The monoisotopic (exact) mass is 1010 g/mol. The van der Waals surface area contributed by atoms with E-state index in [-0.39, 0.29) is 5.28 Å². The average molecular weight is 1010 g/mol. The Bertz CT molecular complexity index is 3140. The molecule has 2 aromatic heterocycles. The quantitative estimate of drug-likeness (QED) is 0.145. The number of aromatic nitrogens is 6. The summed E-state index contributed by atoms with van der Waals surface area (Å²) in [5.74, 6) is 3.11. The molecule has 12 heteroatoms. The molecule has 0 radical (unpaired) electrons. The zero-order valence-electron chi connectivity index (χ0n) is 35.1. The van der Waals surface area contributed by atoms with Crippen LogP contribution in [0.15, 0.2) is 227 Å². The number of hydrogen-bond donors (Lipinski definition) is 2. The van der Waals surface area contributed by atoms with Gasteiger partial charge >= 0.3 is 7.12 Å². The average Bonchev–Trinajstić information content (AvgIpc) is 3.37. The maximum absolute atomic E-state index is 8.68. The van der Waals surface area contributed by atoms with Crippen molar-refractivity contribution in [1.82, 2.24) is 29.9 Å². The van der Waals surface area contributed by atoms with E-state index in [0.29, 0.717) is 34.6 Å². The Morgan fingerprint density at radius 3 is 0.955 bits per heavy atom. The fourth-order valence-corrected chi connectivity index (χ4v) is 7.70. The summed E-state index contributed by atoms with van der Waals surface area (Å²) >= 11 is 12.9. The minimum atomic E-state index is -1.38. The van der Waals surface area contributed by atoms with Crippen LogP contribution in [-0.2, 0) is 0 Å². The Labute approximate surface area is 405 Å². The van der Waals surface area contributed by atoms with Gasteiger partial charge in [0, 0.05) is 36.8 Å². The molecule has 66 heavy (non-hydrogen) atoms. The van der Waals surface area contributed by atoms with Crippen LogP contribution in [0.3, 0.4) is 0 Å². The van der Waals surface area contributed by atoms with Crippen molar-refractivity contribution in [3.63, 3.8) is 0 Å². The Hall–Kier alpha value is -6.99. The number of rotatable bonds is 8. The third kappa shape index (κ3) is 12.2. The van der Waals surface area contributed by atoms with Crippen molar-refractivity contribution in [1.29, 1.82) is 0 Å². The third-order valence-corrected chi connectivity index (χ3v) is 11.2. The van der Waals surface area contributed by atoms with E-state index in [1.165, 1.54) is 11.1 Å². The van der Waals surface area contributed by atoms with Gasteiger partial charge in [-0.1, -0.05) is 226 Å². The van der Waals surface area contributed by atoms with Crippen LogP contribution in [0.4, 0.5) is 0 Å². The second kappa shape index (κ2) is 22.3. The van der Waals surface area contributed by atoms with Gasteiger partial charge in [-0.05, 0) is 63.6 Å². The second-order valence-electron chi connectivity index (χ2n) is 14.6. The molecular formula is C54H38BBr2ClN6O2. The number of hydrogen-bond acceptors (Lipinski definition) is 8. The van der Waals surface area contributed by atoms with Gasteiger partial charge in [0.25, 0.3) is 0 Å². The van der Waals surface area contributed by atoms with Gasteiger partial charge in [0.05, 0.1) is 0 Å². The summed E-state index contributed by atoms with van der Waals surface area (Å²) in [4.78, 5) is 27.4. The zero-order chi connectivity index (χ0) is 45.7. The first-order valence-electron chi connectivity index (χ1n) is 20.7. The molecule has 0 fully saturated rings. The van der Waals surface area contributed by atoms with E-state index in [1.54, 1.807) is 18.2 Å². The van der Waals surface area contributed by atoms with E-state index >= 15 is 0 Å². The van der Waals surface area contributed by atoms with E-state index in [0.717, 1.165) is 47.9 Å². The van der Waals surface area contributed by atoms with Gasteiger partial charge < -0.3 is 10.0 Å². The van der Waals surface area contributed by atoms with E-state index in [2.05, 4.69) is 107 Å². The summed E-state index contributed by atoms with van der Waals surface area (Å²) in [5, 5.41) is 17.6. The second-order valence-corrected chi connectivity index (χ2v) is 16.8. The van der Waals surface area contributed by atoms with Crippen LogP contribution in [0.1, 0.15) is 0 Å². The van der Waals surface area contributed by atoms with Crippen molar-refractivity contribution >= 4 is 56.0 Å². The molecule has 2 N–H and O–H groups in total. The van der Waals surface area contributed by atoms with Crippen LogP contribution >= 0.6 is 43.5 Å². The Balaban J connectivity index is 0.000000151. The largest absolute Gasteiger partial charge is 0.488 e. The van der Waals surface area contributed by atoms with Crippen LogP contribution < -0.4 is 5.46 Å². The summed E-state index contributed by atoms with van der Waals surface area (Å²) < 4.78 is 1.83. The minimum Gasteiger partial charge on any atom is -0.423 e. The number of nitrogens with zero attached hydrogens (tertiary/aromatic N) is 6. The van der Waals surface area contributed by atoms with Crippen LogP contribution in [-0.4, -0.2) is 47.1 Å². The summed E-state index contributed by atoms with van der Waals surface area (Å²) in [6.45, 7) is 0. The fourth-order valence-electron chi connectivity index (χ4n) is 6.73. The van der Waals surface area contributed by atoms with Crippen molar-refractivity contribution < 1.29 is 10.0 Å². The molecule has 0 aliphatic heterocycles. The topological polar surface area (TPSA) is 118 Å². The van der Waals surface area contributed by atoms with Crippen molar-refractivity contribution in [2.75, 3.05) is 0 Å². The maximum Gasteiger partial charge on any atom is 0.488 e. The minimum absolute atomic E-state index is 0.191. The standard InChI is InChI=1S/C27H18BrN3.C21H14ClN3.C6H6BBrO2/c28-24-13-7-12-23(18-24)27-30-25(21-10-5-2-6-11-21)29-26(31-27)22-16-14-20(15-17-22)19-8-3-1-4-9-19;22-21-24-19(17-9-5-2-6-10-17)23-20(25-21)18-13-11-16(12-14-18)15-7-3-1-4-8-15;8-6-3-1-2-5(4-6)7(9)10/h1-18H;1-14H;1-4,9-10H. The summed E-state index contributed by atoms with van der Waals surface area (Å²) in [7, 11) is -1.38. The van der Waals surface area contributed by atoms with Crippen LogP contribution in [0, 0.1) is 0 Å². The predicted molar refractivity (Wildman–Crippen MR) is 274 cm³/mol. The molecule has 0 amide bonds. The summed E-state index contributed by atoms with van der Waals surface area (Å²) in [6.07, 6.45) is 0. The highest BCUT2D eigenvalue weighted by atomic mass is 79.9. The van der Waals surface area contributed by atoms with Gasteiger partial charge in [-0.25, -0.2) is 19.9 Å². The molecule has 0 aliphatic carbocycles. The van der Waals surface area contributed by atoms with E-state index in [9.17, 15) is 0 Å². The molecule has 8 nitrogen and oxygen atoms in total. The smallest absolute Gasteiger partial charge is 0.423 e. The number of halogens is 3. The first kappa shape index (κ1) is 45.6. The van der Waals surface area contributed by atoms with E-state index < -0.39 is 7.12 Å². The van der Waals surface area contributed by atoms with Crippen molar-refractivity contribution in [3.8, 4) is 79.2 Å². The van der Waals surface area contributed by atoms with Gasteiger partial charge in [-0.3, -0.25) is 0 Å². The van der Waals surface area contributed by atoms with Gasteiger partial charge in [0.15, 0.2) is 29.1 Å². The molecule has 0 saturated carbocycles. The summed E-state index contributed by atoms with van der Waals surface area (Å²) in [5.41, 5.74) is 9.83. The zero-order valence-corrected chi connectivity index (χ0v) is 39.0. The fraction of sp³-hybridized carbons (Fsp3) is 0. The molecule has 320 valence electrons. The highest BCUT2D eigenvalue weighted by Crippen LogP contribution is 2.29. The third-order valence-electron chi connectivity index (χ3n) is 10.0. The van der Waals surface area contributed by atoms with Crippen molar-refractivity contribution in [2.24, 2.45) is 0 Å². The Kier molecular flexibility index (Phi) is 15.4. The van der Waals surface area contributed by atoms with Crippen molar-refractivity contribution in [2.45, 2.75) is 0 Å². The lowest BCUT2D eigenvalue weighted by molar-refractivity contribution is 0.425. The molecule has 0 bridgehead atoms. The predicted octanol–water partition coefficient (Wildman–Crippen LogP) is 13.0. The summed E-state index contributed by atoms with van der Waals surface area (Å²) in [6, 6.07) is 71.7. The van der Waals surface area contributed by atoms with Crippen LogP contribution in [0.2, 0.25) is 5.28 Å².